The van der Waals surface area contributed by atoms with Gasteiger partial charge in [0.1, 0.15) is 0 Å². The standard InChI is InChI=1S/C14H12ClFN2O/c15-12-8-10(14(19)9-16)6-7-13(12)18-17-11-4-2-1-3-5-11/h1-8,17-18H,9H2. The second-order valence-electron chi connectivity index (χ2n) is 3.87. The predicted octanol–water partition coefficient (Wildman–Crippen LogP) is 3.93. The fourth-order valence-electron chi connectivity index (χ4n) is 1.53. The quantitative estimate of drug-likeness (QED) is 0.643. The van der Waals surface area contributed by atoms with Crippen LogP contribution in [0.2, 0.25) is 5.02 Å². The van der Waals surface area contributed by atoms with Gasteiger partial charge in [-0.25, -0.2) is 4.39 Å². The average molecular weight is 279 g/mol. The molecule has 0 spiro atoms. The summed E-state index contributed by atoms with van der Waals surface area (Å²) >= 11 is 6.02. The van der Waals surface area contributed by atoms with Crippen molar-refractivity contribution >= 4 is 28.8 Å². The highest BCUT2D eigenvalue weighted by molar-refractivity contribution is 6.33. The molecule has 2 N–H and O–H groups in total. The zero-order chi connectivity index (χ0) is 13.7. The van der Waals surface area contributed by atoms with Gasteiger partial charge in [-0.2, -0.15) is 0 Å². The number of para-hydroxylation sites is 1. The fraction of sp³-hybridized carbons (Fsp3) is 0.0714. The van der Waals surface area contributed by atoms with E-state index in [4.69, 9.17) is 11.6 Å². The van der Waals surface area contributed by atoms with Gasteiger partial charge in [0, 0.05) is 5.56 Å². The zero-order valence-electron chi connectivity index (χ0n) is 9.99. The summed E-state index contributed by atoms with van der Waals surface area (Å²) in [7, 11) is 0. The molecule has 0 fully saturated rings. The highest BCUT2D eigenvalue weighted by atomic mass is 35.5. The van der Waals surface area contributed by atoms with Crippen molar-refractivity contribution in [2.75, 3.05) is 17.5 Å². The number of ketones is 1. The van der Waals surface area contributed by atoms with E-state index >= 15 is 0 Å². The number of rotatable bonds is 5. The number of nitrogens with one attached hydrogen (secondary N) is 2. The lowest BCUT2D eigenvalue weighted by atomic mass is 10.1. The number of hydrazine groups is 1. The van der Waals surface area contributed by atoms with Gasteiger partial charge in [-0.05, 0) is 30.3 Å². The van der Waals surface area contributed by atoms with E-state index in [1.165, 1.54) is 12.1 Å². The number of carbonyl (C=O) groups excluding carboxylic acids is 1. The Labute approximate surface area is 115 Å². The molecule has 0 amide bonds. The first kappa shape index (κ1) is 13.4. The summed E-state index contributed by atoms with van der Waals surface area (Å²) in [5, 5.41) is 0.350. The highest BCUT2D eigenvalue weighted by Gasteiger charge is 2.08. The molecule has 0 bridgehead atoms. The van der Waals surface area contributed by atoms with Crippen molar-refractivity contribution in [1.29, 1.82) is 0 Å². The van der Waals surface area contributed by atoms with Crippen LogP contribution in [-0.2, 0) is 0 Å². The summed E-state index contributed by atoms with van der Waals surface area (Å²) in [5.74, 6) is -0.579. The van der Waals surface area contributed by atoms with Gasteiger partial charge in [-0.15, -0.1) is 0 Å². The smallest absolute Gasteiger partial charge is 0.193 e. The van der Waals surface area contributed by atoms with Crippen LogP contribution in [0.5, 0.6) is 0 Å². The molecule has 0 radical (unpaired) electrons. The van der Waals surface area contributed by atoms with Gasteiger partial charge in [0.15, 0.2) is 12.5 Å². The van der Waals surface area contributed by atoms with Crippen LogP contribution in [0.3, 0.4) is 0 Å². The molecule has 19 heavy (non-hydrogen) atoms. The minimum Gasteiger partial charge on any atom is -0.301 e. The molecular weight excluding hydrogens is 267 g/mol. The molecule has 0 aliphatic carbocycles. The number of benzene rings is 2. The highest BCUT2D eigenvalue weighted by Crippen LogP contribution is 2.23. The summed E-state index contributed by atoms with van der Waals surface area (Å²) < 4.78 is 12.3. The van der Waals surface area contributed by atoms with E-state index in [1.54, 1.807) is 6.07 Å². The van der Waals surface area contributed by atoms with Gasteiger partial charge < -0.3 is 5.43 Å². The van der Waals surface area contributed by atoms with Gasteiger partial charge in [0.25, 0.3) is 0 Å². The largest absolute Gasteiger partial charge is 0.301 e. The molecule has 0 saturated carbocycles. The van der Waals surface area contributed by atoms with Gasteiger partial charge in [0.2, 0.25) is 0 Å². The van der Waals surface area contributed by atoms with Crippen LogP contribution in [0.25, 0.3) is 0 Å². The molecule has 2 aromatic rings. The molecule has 2 rings (SSSR count). The van der Waals surface area contributed by atoms with E-state index in [0.717, 1.165) is 5.69 Å². The van der Waals surface area contributed by atoms with Crippen LogP contribution in [0, 0.1) is 0 Å². The Morgan fingerprint density at radius 3 is 2.47 bits per heavy atom. The third-order valence-corrected chi connectivity index (χ3v) is 2.84. The van der Waals surface area contributed by atoms with E-state index in [2.05, 4.69) is 10.9 Å². The number of hydrogen-bond donors (Lipinski definition) is 2. The van der Waals surface area contributed by atoms with Crippen LogP contribution in [0.15, 0.2) is 48.5 Å². The molecule has 0 unspecified atom stereocenters. The van der Waals surface area contributed by atoms with Gasteiger partial charge in [-0.3, -0.25) is 10.2 Å². The summed E-state index contributed by atoms with van der Waals surface area (Å²) in [6, 6.07) is 14.1. The van der Waals surface area contributed by atoms with Crippen molar-refractivity contribution in [2.24, 2.45) is 0 Å². The molecular formula is C14H12ClFN2O. The fourth-order valence-corrected chi connectivity index (χ4v) is 1.76. The Morgan fingerprint density at radius 2 is 1.84 bits per heavy atom. The molecule has 0 aromatic heterocycles. The molecule has 3 nitrogen and oxygen atoms in total. The minimum absolute atomic E-state index is 0.262. The predicted molar refractivity (Wildman–Crippen MR) is 75.4 cm³/mol. The van der Waals surface area contributed by atoms with Crippen molar-refractivity contribution in [3.63, 3.8) is 0 Å². The Kier molecular flexibility index (Phi) is 4.36. The molecule has 2 aromatic carbocycles. The number of Topliss-reactive ketones (excluding diaryl/α,β-unsaturated/α-hetero) is 1. The molecule has 0 atom stereocenters. The lowest BCUT2D eigenvalue weighted by Crippen LogP contribution is -2.09. The first-order valence-corrected chi connectivity index (χ1v) is 6.04. The molecule has 5 heteroatoms. The molecule has 0 aliphatic rings. The monoisotopic (exact) mass is 278 g/mol. The van der Waals surface area contributed by atoms with Crippen LogP contribution in [0.1, 0.15) is 10.4 Å². The van der Waals surface area contributed by atoms with Crippen molar-refractivity contribution in [3.05, 3.63) is 59.1 Å². The normalized spacial score (nSPS) is 10.0. The first-order valence-electron chi connectivity index (χ1n) is 5.66. The van der Waals surface area contributed by atoms with E-state index in [-0.39, 0.29) is 5.56 Å². The van der Waals surface area contributed by atoms with Crippen LogP contribution in [-0.4, -0.2) is 12.5 Å². The second-order valence-corrected chi connectivity index (χ2v) is 4.27. The summed E-state index contributed by atoms with van der Waals surface area (Å²) in [5.41, 5.74) is 7.65. The van der Waals surface area contributed by atoms with Crippen LogP contribution < -0.4 is 10.9 Å². The van der Waals surface area contributed by atoms with Crippen molar-refractivity contribution in [1.82, 2.24) is 0 Å². The molecule has 98 valence electrons. The lowest BCUT2D eigenvalue weighted by Gasteiger charge is -2.11. The number of anilines is 2. The molecule has 0 heterocycles. The Morgan fingerprint density at radius 1 is 1.11 bits per heavy atom. The summed E-state index contributed by atoms with van der Waals surface area (Å²) in [6.07, 6.45) is 0. The number of halogens is 2. The van der Waals surface area contributed by atoms with E-state index < -0.39 is 12.5 Å². The summed E-state index contributed by atoms with van der Waals surface area (Å²) in [6.45, 7) is -1.02. The van der Waals surface area contributed by atoms with Crippen LogP contribution in [0.4, 0.5) is 15.8 Å². The third kappa shape index (κ3) is 3.45. The van der Waals surface area contributed by atoms with Gasteiger partial charge in [-0.1, -0.05) is 29.8 Å². The number of alkyl halides is 1. The SMILES string of the molecule is O=C(CF)c1ccc(NNc2ccccc2)c(Cl)c1. The number of hydrogen-bond acceptors (Lipinski definition) is 3. The average Bonchev–Trinajstić information content (AvgIpc) is 2.46. The summed E-state index contributed by atoms with van der Waals surface area (Å²) in [4.78, 5) is 11.2. The maximum atomic E-state index is 12.3. The molecule has 0 saturated heterocycles. The Balaban J connectivity index is 2.07. The van der Waals surface area contributed by atoms with Crippen molar-refractivity contribution in [3.8, 4) is 0 Å². The van der Waals surface area contributed by atoms with Crippen LogP contribution >= 0.6 is 11.6 Å². The van der Waals surface area contributed by atoms with Gasteiger partial charge in [0.05, 0.1) is 16.4 Å². The molecule has 0 aliphatic heterocycles. The lowest BCUT2D eigenvalue weighted by molar-refractivity contribution is 0.0958. The minimum atomic E-state index is -1.02. The topological polar surface area (TPSA) is 41.1 Å². The first-order chi connectivity index (χ1) is 9.20. The maximum absolute atomic E-state index is 12.3. The number of carbonyl (C=O) groups is 1. The Bertz CT molecular complexity index is 575. The van der Waals surface area contributed by atoms with E-state index in [9.17, 15) is 9.18 Å². The Hall–Kier alpha value is -2.07. The van der Waals surface area contributed by atoms with E-state index in [1.807, 2.05) is 30.3 Å². The third-order valence-electron chi connectivity index (χ3n) is 2.53. The van der Waals surface area contributed by atoms with E-state index in [0.29, 0.717) is 10.7 Å². The van der Waals surface area contributed by atoms with Crippen molar-refractivity contribution in [2.45, 2.75) is 0 Å². The maximum Gasteiger partial charge on any atom is 0.193 e. The second kappa shape index (κ2) is 6.20. The van der Waals surface area contributed by atoms with Gasteiger partial charge >= 0.3 is 0 Å². The van der Waals surface area contributed by atoms with Crippen molar-refractivity contribution < 1.29 is 9.18 Å². The zero-order valence-corrected chi connectivity index (χ0v) is 10.7.